The van der Waals surface area contributed by atoms with Gasteiger partial charge in [0, 0.05) is 24.1 Å². The zero-order chi connectivity index (χ0) is 16.6. The Morgan fingerprint density at radius 3 is 2.91 bits per heavy atom. The molecule has 0 atom stereocenters. The number of anilines is 1. The van der Waals surface area contributed by atoms with E-state index in [1.807, 2.05) is 6.92 Å². The van der Waals surface area contributed by atoms with Gasteiger partial charge in [-0.25, -0.2) is 8.78 Å². The number of carbonyl (C=O) groups excluding carboxylic acids is 1. The van der Waals surface area contributed by atoms with E-state index in [1.165, 1.54) is 6.07 Å². The number of amides is 1. The molecule has 1 aromatic carbocycles. The molecule has 0 unspecified atom stereocenters. The van der Waals surface area contributed by atoms with Gasteiger partial charge in [-0.05, 0) is 31.9 Å². The quantitative estimate of drug-likeness (QED) is 0.809. The van der Waals surface area contributed by atoms with Crippen molar-refractivity contribution < 1.29 is 13.6 Å². The average Bonchev–Trinajstić information content (AvgIpc) is 2.94. The van der Waals surface area contributed by atoms with E-state index in [1.54, 1.807) is 18.2 Å². The number of aromatic nitrogens is 2. The summed E-state index contributed by atoms with van der Waals surface area (Å²) in [7, 11) is 0. The molecule has 1 aromatic heterocycles. The minimum Gasteiger partial charge on any atom is -0.328 e. The highest BCUT2D eigenvalue weighted by Crippen LogP contribution is 2.41. The van der Waals surface area contributed by atoms with Gasteiger partial charge in [0.15, 0.2) is 5.82 Å². The van der Waals surface area contributed by atoms with Gasteiger partial charge in [-0.15, -0.1) is 0 Å². The first-order valence-corrected chi connectivity index (χ1v) is 7.42. The fraction of sp³-hybridized carbons (Fsp3) is 0.375. The first kappa shape index (κ1) is 15.6. The number of nitrogens with one attached hydrogen (secondary N) is 2. The van der Waals surface area contributed by atoms with Crippen molar-refractivity contribution in [2.45, 2.75) is 25.4 Å². The van der Waals surface area contributed by atoms with Gasteiger partial charge in [-0.3, -0.25) is 9.89 Å². The minimum absolute atomic E-state index is 0.0734. The second-order valence-corrected chi connectivity index (χ2v) is 6.10. The number of halogens is 2. The highest BCUT2D eigenvalue weighted by Gasteiger charge is 2.47. The van der Waals surface area contributed by atoms with Crippen molar-refractivity contribution in [3.8, 4) is 11.3 Å². The number of aryl methyl sites for hydroxylation is 1. The van der Waals surface area contributed by atoms with E-state index in [-0.39, 0.29) is 36.9 Å². The molecule has 3 rings (SSSR count). The largest absolute Gasteiger partial charge is 0.328 e. The smallest absolute Gasteiger partial charge is 0.228 e. The number of carbonyl (C=O) groups is 1. The lowest BCUT2D eigenvalue weighted by Gasteiger charge is -2.39. The van der Waals surface area contributed by atoms with Crippen molar-refractivity contribution in [3.05, 3.63) is 35.6 Å². The first-order chi connectivity index (χ1) is 10.9. The topological polar surface area (TPSA) is 83.8 Å². The molecule has 0 bridgehead atoms. The van der Waals surface area contributed by atoms with Gasteiger partial charge in [0.1, 0.15) is 11.5 Å². The second-order valence-electron chi connectivity index (χ2n) is 6.10. The van der Waals surface area contributed by atoms with Crippen molar-refractivity contribution in [1.29, 1.82) is 0 Å². The molecular weight excluding hydrogens is 302 g/mol. The molecule has 1 saturated carbocycles. The predicted molar refractivity (Wildman–Crippen MR) is 83.0 cm³/mol. The number of alkyl halides is 1. The van der Waals surface area contributed by atoms with Crippen LogP contribution < -0.4 is 11.1 Å². The monoisotopic (exact) mass is 320 g/mol. The Balaban J connectivity index is 1.68. The third-order valence-electron chi connectivity index (χ3n) is 4.20. The summed E-state index contributed by atoms with van der Waals surface area (Å²) >= 11 is 0. The Morgan fingerprint density at radius 1 is 1.48 bits per heavy atom. The average molecular weight is 320 g/mol. The SMILES string of the molecule is Cc1ccc(F)c(-c2cc(NC(=O)C3CC(F)(CN)C3)n[nH]2)c1. The first-order valence-electron chi connectivity index (χ1n) is 7.42. The molecule has 0 saturated heterocycles. The molecule has 122 valence electrons. The van der Waals surface area contributed by atoms with Crippen LogP contribution in [0.5, 0.6) is 0 Å². The number of nitrogens with two attached hydrogens (primary N) is 1. The molecule has 4 N–H and O–H groups in total. The van der Waals surface area contributed by atoms with E-state index >= 15 is 0 Å². The molecular formula is C16H18F2N4O. The van der Waals surface area contributed by atoms with Crippen LogP contribution in [-0.4, -0.2) is 28.3 Å². The Labute approximate surface area is 132 Å². The molecule has 0 radical (unpaired) electrons. The number of benzene rings is 1. The standard InChI is InChI=1S/C16H18F2N4O/c1-9-2-3-12(17)11(4-9)13-5-14(22-21-13)20-15(23)10-6-16(18,7-10)8-19/h2-5,10H,6-8,19H2,1H3,(H2,20,21,22,23). The number of aromatic amines is 1. The molecule has 1 heterocycles. The molecule has 0 aliphatic heterocycles. The van der Waals surface area contributed by atoms with Crippen molar-refractivity contribution in [3.63, 3.8) is 0 Å². The van der Waals surface area contributed by atoms with E-state index in [0.29, 0.717) is 11.3 Å². The van der Waals surface area contributed by atoms with Crippen LogP contribution in [0, 0.1) is 18.7 Å². The lowest BCUT2D eigenvalue weighted by atomic mass is 9.72. The summed E-state index contributed by atoms with van der Waals surface area (Å²) in [4.78, 5) is 12.0. The molecule has 7 heteroatoms. The van der Waals surface area contributed by atoms with Crippen LogP contribution in [0.2, 0.25) is 0 Å². The van der Waals surface area contributed by atoms with E-state index < -0.39 is 11.6 Å². The number of rotatable bonds is 4. The van der Waals surface area contributed by atoms with Gasteiger partial charge in [-0.1, -0.05) is 11.6 Å². The lowest BCUT2D eigenvalue weighted by Crippen LogP contribution is -2.49. The molecule has 5 nitrogen and oxygen atoms in total. The summed E-state index contributed by atoms with van der Waals surface area (Å²) in [5.74, 6) is -0.787. The fourth-order valence-electron chi connectivity index (χ4n) is 2.77. The Kier molecular flexibility index (Phi) is 3.89. The molecule has 0 spiro atoms. The van der Waals surface area contributed by atoms with Gasteiger partial charge in [0.25, 0.3) is 0 Å². The molecule has 1 aliphatic rings. The number of hydrogen-bond acceptors (Lipinski definition) is 3. The zero-order valence-corrected chi connectivity index (χ0v) is 12.7. The van der Waals surface area contributed by atoms with Gasteiger partial charge >= 0.3 is 0 Å². The van der Waals surface area contributed by atoms with Crippen molar-refractivity contribution in [2.75, 3.05) is 11.9 Å². The van der Waals surface area contributed by atoms with Crippen LogP contribution in [-0.2, 0) is 4.79 Å². The maximum atomic E-state index is 13.9. The Bertz CT molecular complexity index is 737. The Morgan fingerprint density at radius 2 is 2.22 bits per heavy atom. The minimum atomic E-state index is -1.43. The van der Waals surface area contributed by atoms with Crippen LogP contribution in [0.4, 0.5) is 14.6 Å². The molecule has 1 amide bonds. The summed E-state index contributed by atoms with van der Waals surface area (Å²) in [6.45, 7) is 1.79. The van der Waals surface area contributed by atoms with Crippen LogP contribution in [0.3, 0.4) is 0 Å². The van der Waals surface area contributed by atoms with Crippen LogP contribution in [0.1, 0.15) is 18.4 Å². The maximum Gasteiger partial charge on any atom is 0.228 e. The summed E-state index contributed by atoms with van der Waals surface area (Å²) in [6, 6.07) is 6.31. The third-order valence-corrected chi connectivity index (χ3v) is 4.20. The van der Waals surface area contributed by atoms with Gasteiger partial charge < -0.3 is 11.1 Å². The number of hydrogen-bond donors (Lipinski definition) is 3. The van der Waals surface area contributed by atoms with Gasteiger partial charge in [0.05, 0.1) is 5.69 Å². The third kappa shape index (κ3) is 3.10. The number of H-pyrrole nitrogens is 1. The summed E-state index contributed by atoms with van der Waals surface area (Å²) in [5, 5.41) is 9.28. The molecule has 23 heavy (non-hydrogen) atoms. The summed E-state index contributed by atoms with van der Waals surface area (Å²) in [6.07, 6.45) is 0.248. The normalized spacial score (nSPS) is 23.4. The van der Waals surface area contributed by atoms with Crippen molar-refractivity contribution >= 4 is 11.7 Å². The van der Waals surface area contributed by atoms with Gasteiger partial charge in [0.2, 0.25) is 5.91 Å². The molecule has 1 fully saturated rings. The van der Waals surface area contributed by atoms with Crippen LogP contribution >= 0.6 is 0 Å². The van der Waals surface area contributed by atoms with Crippen molar-refractivity contribution in [1.82, 2.24) is 10.2 Å². The van der Waals surface area contributed by atoms with E-state index in [2.05, 4.69) is 15.5 Å². The maximum absolute atomic E-state index is 13.9. The van der Waals surface area contributed by atoms with E-state index in [4.69, 9.17) is 5.73 Å². The van der Waals surface area contributed by atoms with Gasteiger partial charge in [-0.2, -0.15) is 5.10 Å². The van der Waals surface area contributed by atoms with Crippen molar-refractivity contribution in [2.24, 2.45) is 11.7 Å². The zero-order valence-electron chi connectivity index (χ0n) is 12.7. The summed E-state index contributed by atoms with van der Waals surface area (Å²) < 4.78 is 27.6. The molecule has 2 aromatic rings. The second kappa shape index (κ2) is 5.73. The predicted octanol–water partition coefficient (Wildman–Crippen LogP) is 2.54. The van der Waals surface area contributed by atoms with Crippen LogP contribution in [0.15, 0.2) is 24.3 Å². The summed E-state index contributed by atoms with van der Waals surface area (Å²) in [5.41, 5.74) is 5.66. The Hall–Kier alpha value is -2.28. The lowest BCUT2D eigenvalue weighted by molar-refractivity contribution is -0.128. The van der Waals surface area contributed by atoms with E-state index in [0.717, 1.165) is 5.56 Å². The highest BCUT2D eigenvalue weighted by atomic mass is 19.1. The fourth-order valence-corrected chi connectivity index (χ4v) is 2.77. The van der Waals surface area contributed by atoms with E-state index in [9.17, 15) is 13.6 Å². The number of nitrogens with zero attached hydrogens (tertiary/aromatic N) is 1. The van der Waals surface area contributed by atoms with Crippen LogP contribution in [0.25, 0.3) is 11.3 Å². The molecule has 1 aliphatic carbocycles. The highest BCUT2D eigenvalue weighted by molar-refractivity contribution is 5.93.